The van der Waals surface area contributed by atoms with Gasteiger partial charge >= 0.3 is 0 Å². The third-order valence-electron chi connectivity index (χ3n) is 3.62. The number of aromatic nitrogens is 2. The van der Waals surface area contributed by atoms with E-state index < -0.39 is 0 Å². The van der Waals surface area contributed by atoms with Crippen LogP contribution in [0.3, 0.4) is 0 Å². The zero-order valence-electron chi connectivity index (χ0n) is 11.9. The number of hydrogen-bond donors (Lipinski definition) is 1. The fourth-order valence-electron chi connectivity index (χ4n) is 2.55. The number of nitrogens with zero attached hydrogens (tertiary/aromatic N) is 2. The number of fused-ring (bicyclic) bond motifs is 1. The highest BCUT2D eigenvalue weighted by Crippen LogP contribution is 2.27. The lowest BCUT2D eigenvalue weighted by atomic mass is 10.1. The van der Waals surface area contributed by atoms with Crippen LogP contribution in [-0.4, -0.2) is 23.0 Å². The molecule has 0 aliphatic heterocycles. The number of benzene rings is 1. The minimum absolute atomic E-state index is 0.924. The van der Waals surface area contributed by atoms with E-state index in [4.69, 9.17) is 4.98 Å². The number of pyridine rings is 1. The van der Waals surface area contributed by atoms with Crippen LogP contribution >= 0.6 is 0 Å². The van der Waals surface area contributed by atoms with E-state index in [1.807, 2.05) is 7.05 Å². The van der Waals surface area contributed by atoms with Crippen LogP contribution in [0.25, 0.3) is 16.8 Å². The van der Waals surface area contributed by atoms with Crippen LogP contribution in [0.1, 0.15) is 11.4 Å². The number of hydrogen-bond acceptors (Lipinski definition) is 2. The normalized spacial score (nSPS) is 11.1. The molecule has 0 saturated heterocycles. The van der Waals surface area contributed by atoms with Gasteiger partial charge in [0.25, 0.3) is 0 Å². The molecule has 0 bridgehead atoms. The van der Waals surface area contributed by atoms with Gasteiger partial charge in [0.1, 0.15) is 5.82 Å². The zero-order chi connectivity index (χ0) is 13.9. The highest BCUT2D eigenvalue weighted by Gasteiger charge is 2.13. The Morgan fingerprint density at radius 1 is 1.10 bits per heavy atom. The molecule has 3 aromatic rings. The average Bonchev–Trinajstić information content (AvgIpc) is 2.84. The van der Waals surface area contributed by atoms with Crippen molar-refractivity contribution in [3.8, 4) is 11.3 Å². The molecule has 0 radical (unpaired) electrons. The maximum absolute atomic E-state index is 4.88. The molecule has 2 aromatic heterocycles. The lowest BCUT2D eigenvalue weighted by molar-refractivity contribution is 0.753. The monoisotopic (exact) mass is 265 g/mol. The van der Waals surface area contributed by atoms with Crippen molar-refractivity contribution in [3.05, 3.63) is 60.0 Å². The Hall–Kier alpha value is -2.13. The molecule has 0 aliphatic rings. The summed E-state index contributed by atoms with van der Waals surface area (Å²) in [5, 5.41) is 3.19. The predicted octanol–water partition coefficient (Wildman–Crippen LogP) is 3.07. The van der Waals surface area contributed by atoms with Gasteiger partial charge in [0.05, 0.1) is 11.2 Å². The van der Waals surface area contributed by atoms with Crippen LogP contribution < -0.4 is 5.32 Å². The molecule has 1 aromatic carbocycles. The Morgan fingerprint density at radius 3 is 2.70 bits per heavy atom. The van der Waals surface area contributed by atoms with E-state index in [9.17, 15) is 0 Å². The van der Waals surface area contributed by atoms with E-state index in [0.717, 1.165) is 24.5 Å². The van der Waals surface area contributed by atoms with E-state index >= 15 is 0 Å². The summed E-state index contributed by atoms with van der Waals surface area (Å²) in [6.07, 6.45) is 3.02. The molecule has 0 unspecified atom stereocenters. The largest absolute Gasteiger partial charge is 0.319 e. The first kappa shape index (κ1) is 12.9. The summed E-state index contributed by atoms with van der Waals surface area (Å²) < 4.78 is 2.19. The number of rotatable bonds is 4. The molecule has 3 heteroatoms. The first-order valence-corrected chi connectivity index (χ1v) is 6.98. The summed E-state index contributed by atoms with van der Waals surface area (Å²) in [6.45, 7) is 3.07. The van der Waals surface area contributed by atoms with Crippen molar-refractivity contribution in [3.63, 3.8) is 0 Å². The van der Waals surface area contributed by atoms with Gasteiger partial charge in [0.2, 0.25) is 0 Å². The molecular formula is C17H19N3. The highest BCUT2D eigenvalue weighted by molar-refractivity contribution is 5.79. The van der Waals surface area contributed by atoms with Crippen LogP contribution in [-0.2, 0) is 6.42 Å². The third kappa shape index (κ3) is 2.21. The molecule has 2 heterocycles. The Kier molecular flexibility index (Phi) is 3.52. The number of likely N-dealkylation sites (N-methyl/N-ethyl adjacent to an activating group) is 1. The fourth-order valence-corrected chi connectivity index (χ4v) is 2.55. The second kappa shape index (κ2) is 5.47. The van der Waals surface area contributed by atoms with Crippen LogP contribution in [0.5, 0.6) is 0 Å². The summed E-state index contributed by atoms with van der Waals surface area (Å²) in [5.74, 6) is 1.10. The molecule has 0 amide bonds. The number of imidazole rings is 1. The molecule has 0 aliphatic carbocycles. The van der Waals surface area contributed by atoms with Gasteiger partial charge < -0.3 is 9.72 Å². The van der Waals surface area contributed by atoms with Crippen molar-refractivity contribution in [1.29, 1.82) is 0 Å². The summed E-state index contributed by atoms with van der Waals surface area (Å²) >= 11 is 0. The first-order valence-electron chi connectivity index (χ1n) is 6.98. The molecule has 102 valence electrons. The van der Waals surface area contributed by atoms with Crippen molar-refractivity contribution in [1.82, 2.24) is 14.7 Å². The van der Waals surface area contributed by atoms with Gasteiger partial charge in [-0.15, -0.1) is 0 Å². The molecule has 20 heavy (non-hydrogen) atoms. The van der Waals surface area contributed by atoms with Gasteiger partial charge in [0.15, 0.2) is 0 Å². The van der Waals surface area contributed by atoms with E-state index in [0.29, 0.717) is 0 Å². The van der Waals surface area contributed by atoms with Gasteiger partial charge in [-0.3, -0.25) is 0 Å². The Labute approximate surface area is 119 Å². The Balaban J connectivity index is 2.19. The molecule has 0 saturated carbocycles. The fraction of sp³-hybridized carbons (Fsp3) is 0.235. The van der Waals surface area contributed by atoms with E-state index in [1.165, 1.54) is 16.6 Å². The molecule has 0 atom stereocenters. The summed E-state index contributed by atoms with van der Waals surface area (Å²) in [6, 6.07) is 14.7. The molecular weight excluding hydrogens is 246 g/mol. The molecule has 0 fully saturated rings. The average molecular weight is 265 g/mol. The molecule has 3 rings (SSSR count). The predicted molar refractivity (Wildman–Crippen MR) is 83.0 cm³/mol. The van der Waals surface area contributed by atoms with Crippen molar-refractivity contribution in [2.75, 3.05) is 13.6 Å². The van der Waals surface area contributed by atoms with Crippen molar-refractivity contribution in [2.24, 2.45) is 0 Å². The minimum Gasteiger partial charge on any atom is -0.319 e. The van der Waals surface area contributed by atoms with Gasteiger partial charge in [-0.05, 0) is 31.7 Å². The van der Waals surface area contributed by atoms with Crippen LogP contribution in [0.2, 0.25) is 0 Å². The second-order valence-corrected chi connectivity index (χ2v) is 5.00. The quantitative estimate of drug-likeness (QED) is 0.785. The van der Waals surface area contributed by atoms with Gasteiger partial charge in [-0.1, -0.05) is 30.3 Å². The number of nitrogens with one attached hydrogen (secondary N) is 1. The van der Waals surface area contributed by atoms with E-state index in [1.54, 1.807) is 0 Å². The van der Waals surface area contributed by atoms with E-state index in [2.05, 4.69) is 65.3 Å². The summed E-state index contributed by atoms with van der Waals surface area (Å²) in [4.78, 5) is 4.88. The smallest absolute Gasteiger partial charge is 0.115 e. The van der Waals surface area contributed by atoms with Gasteiger partial charge in [-0.25, -0.2) is 4.98 Å². The Morgan fingerprint density at radius 2 is 1.90 bits per heavy atom. The highest BCUT2D eigenvalue weighted by atomic mass is 15.0. The molecule has 3 nitrogen and oxygen atoms in total. The maximum atomic E-state index is 4.88. The summed E-state index contributed by atoms with van der Waals surface area (Å²) in [5.41, 5.74) is 4.73. The maximum Gasteiger partial charge on any atom is 0.115 e. The second-order valence-electron chi connectivity index (χ2n) is 5.00. The lowest BCUT2D eigenvalue weighted by Crippen LogP contribution is -2.12. The van der Waals surface area contributed by atoms with E-state index in [-0.39, 0.29) is 0 Å². The standard InChI is InChI=1S/C17H19N3/c1-13-7-3-4-8-14(13)17-15-9-5-6-12-20(15)16(19-17)10-11-18-2/h3-9,12,18H,10-11H2,1-2H3. The number of aryl methyl sites for hydroxylation is 1. The molecule has 1 N–H and O–H groups in total. The van der Waals surface area contributed by atoms with Crippen LogP contribution in [0.15, 0.2) is 48.7 Å². The van der Waals surface area contributed by atoms with Crippen molar-refractivity contribution in [2.45, 2.75) is 13.3 Å². The van der Waals surface area contributed by atoms with Gasteiger partial charge in [-0.2, -0.15) is 0 Å². The van der Waals surface area contributed by atoms with Crippen molar-refractivity contribution < 1.29 is 0 Å². The Bertz CT molecular complexity index is 728. The third-order valence-corrected chi connectivity index (χ3v) is 3.62. The lowest BCUT2D eigenvalue weighted by Gasteiger charge is -2.02. The van der Waals surface area contributed by atoms with Gasteiger partial charge in [0, 0.05) is 24.7 Å². The minimum atomic E-state index is 0.924. The van der Waals surface area contributed by atoms with Crippen molar-refractivity contribution >= 4 is 5.52 Å². The SMILES string of the molecule is CNCCc1nc(-c2ccccc2C)c2ccccn12. The zero-order valence-corrected chi connectivity index (χ0v) is 11.9. The topological polar surface area (TPSA) is 29.3 Å². The van der Waals surface area contributed by atoms with Crippen LogP contribution in [0.4, 0.5) is 0 Å². The van der Waals surface area contributed by atoms with Crippen LogP contribution in [0, 0.1) is 6.92 Å². The first-order chi connectivity index (χ1) is 9.81. The molecule has 0 spiro atoms. The summed E-state index contributed by atoms with van der Waals surface area (Å²) in [7, 11) is 1.97.